The normalized spacial score (nSPS) is 17.7. The second-order valence-corrected chi connectivity index (χ2v) is 4.23. The van der Waals surface area contributed by atoms with E-state index in [1.165, 1.54) is 0 Å². The van der Waals surface area contributed by atoms with Gasteiger partial charge >= 0.3 is 0 Å². The first kappa shape index (κ1) is 10.0. The molecule has 17 heavy (non-hydrogen) atoms. The topological polar surface area (TPSA) is 42.0 Å². The molecule has 3 nitrogen and oxygen atoms in total. The lowest BCUT2D eigenvalue weighted by atomic mass is 10.00. The fraction of sp³-hybridized carbons (Fsp3) is 0.143. The van der Waals surface area contributed by atoms with E-state index in [-0.39, 0.29) is 11.9 Å². The monoisotopic (exact) mass is 224 g/mol. The molecule has 0 saturated carbocycles. The number of aryl methyl sites for hydroxylation is 1. The highest BCUT2D eigenvalue weighted by molar-refractivity contribution is 5.99. The molecule has 84 valence electrons. The van der Waals surface area contributed by atoms with Gasteiger partial charge in [-0.1, -0.05) is 24.3 Å². The van der Waals surface area contributed by atoms with Crippen LogP contribution in [0.4, 0.5) is 0 Å². The summed E-state index contributed by atoms with van der Waals surface area (Å²) < 4.78 is 0. The zero-order chi connectivity index (χ0) is 11.8. The van der Waals surface area contributed by atoms with Crippen molar-refractivity contribution in [1.29, 1.82) is 0 Å². The molecule has 1 aromatic heterocycles. The molecule has 0 radical (unpaired) electrons. The molecular formula is C14H12N2O. The van der Waals surface area contributed by atoms with Gasteiger partial charge in [-0.05, 0) is 30.2 Å². The van der Waals surface area contributed by atoms with Crippen LogP contribution in [-0.4, -0.2) is 10.9 Å². The molecule has 1 N–H and O–H groups in total. The quantitative estimate of drug-likeness (QED) is 0.807. The van der Waals surface area contributed by atoms with Crippen LogP contribution in [0.3, 0.4) is 0 Å². The molecule has 0 aliphatic carbocycles. The fourth-order valence-corrected chi connectivity index (χ4v) is 2.16. The summed E-state index contributed by atoms with van der Waals surface area (Å²) in [6, 6.07) is 11.6. The number of benzene rings is 1. The molecule has 0 fully saturated rings. The van der Waals surface area contributed by atoms with Crippen LogP contribution in [-0.2, 0) is 0 Å². The van der Waals surface area contributed by atoms with E-state index in [1.807, 2.05) is 49.5 Å². The summed E-state index contributed by atoms with van der Waals surface area (Å²) in [5.74, 6) is -0.00817. The van der Waals surface area contributed by atoms with Crippen LogP contribution < -0.4 is 5.32 Å². The Morgan fingerprint density at radius 3 is 2.76 bits per heavy atom. The van der Waals surface area contributed by atoms with E-state index < -0.39 is 0 Å². The first-order valence-electron chi connectivity index (χ1n) is 5.58. The average molecular weight is 224 g/mol. The van der Waals surface area contributed by atoms with Crippen molar-refractivity contribution in [2.24, 2.45) is 0 Å². The van der Waals surface area contributed by atoms with Crippen LogP contribution in [0, 0.1) is 6.92 Å². The third-order valence-corrected chi connectivity index (χ3v) is 3.06. The standard InChI is InChI=1S/C14H12N2O/c1-9-6-7-10(8-15-9)13-11-4-2-3-5-12(11)14(17)16-13/h2-8,13H,1H3,(H,16,17). The van der Waals surface area contributed by atoms with Crippen molar-refractivity contribution in [3.63, 3.8) is 0 Å². The molecule has 1 aromatic carbocycles. The first-order chi connectivity index (χ1) is 8.25. The smallest absolute Gasteiger partial charge is 0.252 e. The lowest BCUT2D eigenvalue weighted by Crippen LogP contribution is -2.19. The highest BCUT2D eigenvalue weighted by atomic mass is 16.2. The van der Waals surface area contributed by atoms with Gasteiger partial charge in [0.2, 0.25) is 0 Å². The molecule has 1 aliphatic rings. The van der Waals surface area contributed by atoms with Crippen LogP contribution in [0.15, 0.2) is 42.6 Å². The van der Waals surface area contributed by atoms with Crippen LogP contribution in [0.1, 0.15) is 33.2 Å². The Kier molecular flexibility index (Phi) is 2.18. The number of carbonyl (C=O) groups is 1. The van der Waals surface area contributed by atoms with E-state index in [9.17, 15) is 4.79 Å². The van der Waals surface area contributed by atoms with E-state index in [4.69, 9.17) is 0 Å². The maximum absolute atomic E-state index is 11.8. The van der Waals surface area contributed by atoms with Crippen molar-refractivity contribution in [2.75, 3.05) is 0 Å². The molecule has 0 saturated heterocycles. The number of nitrogens with one attached hydrogen (secondary N) is 1. The van der Waals surface area contributed by atoms with Crippen molar-refractivity contribution in [3.8, 4) is 0 Å². The van der Waals surface area contributed by atoms with E-state index in [1.54, 1.807) is 0 Å². The zero-order valence-corrected chi connectivity index (χ0v) is 9.47. The van der Waals surface area contributed by atoms with Crippen molar-refractivity contribution in [2.45, 2.75) is 13.0 Å². The summed E-state index contributed by atoms with van der Waals surface area (Å²) in [6.45, 7) is 1.95. The fourth-order valence-electron chi connectivity index (χ4n) is 2.16. The summed E-state index contributed by atoms with van der Waals surface area (Å²) in [4.78, 5) is 16.1. The van der Waals surface area contributed by atoms with Crippen LogP contribution in [0.5, 0.6) is 0 Å². The lowest BCUT2D eigenvalue weighted by molar-refractivity contribution is 0.0960. The van der Waals surface area contributed by atoms with Gasteiger partial charge in [-0.15, -0.1) is 0 Å². The molecule has 2 aromatic rings. The Bertz CT molecular complexity index is 575. The Labute approximate surface area is 99.5 Å². The molecule has 1 atom stereocenters. The van der Waals surface area contributed by atoms with Crippen LogP contribution in [0.25, 0.3) is 0 Å². The van der Waals surface area contributed by atoms with Gasteiger partial charge in [-0.3, -0.25) is 9.78 Å². The van der Waals surface area contributed by atoms with E-state index in [2.05, 4.69) is 10.3 Å². The number of fused-ring (bicyclic) bond motifs is 1. The zero-order valence-electron chi connectivity index (χ0n) is 9.47. The Morgan fingerprint density at radius 1 is 1.18 bits per heavy atom. The minimum Gasteiger partial charge on any atom is -0.341 e. The predicted molar refractivity (Wildman–Crippen MR) is 64.7 cm³/mol. The first-order valence-corrected chi connectivity index (χ1v) is 5.58. The number of nitrogens with zero attached hydrogens (tertiary/aromatic N) is 1. The Balaban J connectivity index is 2.07. The van der Waals surface area contributed by atoms with Gasteiger partial charge in [0, 0.05) is 17.5 Å². The Hall–Kier alpha value is -2.16. The maximum atomic E-state index is 11.8. The molecule has 3 heteroatoms. The minimum atomic E-state index is -0.0631. The molecule has 0 bridgehead atoms. The number of carbonyl (C=O) groups excluding carboxylic acids is 1. The van der Waals surface area contributed by atoms with Crippen molar-refractivity contribution < 1.29 is 4.79 Å². The summed E-state index contributed by atoms with van der Waals surface area (Å²) in [5, 5.41) is 2.98. The Morgan fingerprint density at radius 2 is 2.00 bits per heavy atom. The highest BCUT2D eigenvalue weighted by Gasteiger charge is 2.28. The molecule has 0 spiro atoms. The number of hydrogen-bond acceptors (Lipinski definition) is 2. The second-order valence-electron chi connectivity index (χ2n) is 4.23. The summed E-state index contributed by atoms with van der Waals surface area (Å²) >= 11 is 0. The van der Waals surface area contributed by atoms with Gasteiger partial charge in [0.1, 0.15) is 0 Å². The molecule has 2 heterocycles. The summed E-state index contributed by atoms with van der Waals surface area (Å²) in [6.07, 6.45) is 1.82. The van der Waals surface area contributed by atoms with E-state index in [0.29, 0.717) is 0 Å². The molecular weight excluding hydrogens is 212 g/mol. The van der Waals surface area contributed by atoms with Crippen molar-refractivity contribution in [1.82, 2.24) is 10.3 Å². The number of aromatic nitrogens is 1. The highest BCUT2D eigenvalue weighted by Crippen LogP contribution is 2.30. The van der Waals surface area contributed by atoms with Gasteiger partial charge in [0.25, 0.3) is 5.91 Å². The van der Waals surface area contributed by atoms with Crippen LogP contribution >= 0.6 is 0 Å². The van der Waals surface area contributed by atoms with E-state index >= 15 is 0 Å². The van der Waals surface area contributed by atoms with Crippen LogP contribution in [0.2, 0.25) is 0 Å². The molecule has 1 aliphatic heterocycles. The molecule has 1 amide bonds. The minimum absolute atomic E-state index is 0.00817. The van der Waals surface area contributed by atoms with Gasteiger partial charge in [-0.2, -0.15) is 0 Å². The van der Waals surface area contributed by atoms with Gasteiger partial charge in [-0.25, -0.2) is 0 Å². The maximum Gasteiger partial charge on any atom is 0.252 e. The molecule has 3 rings (SSSR count). The van der Waals surface area contributed by atoms with Gasteiger partial charge in [0.15, 0.2) is 0 Å². The number of amides is 1. The number of hydrogen-bond donors (Lipinski definition) is 1. The number of pyridine rings is 1. The van der Waals surface area contributed by atoms with E-state index in [0.717, 1.165) is 22.4 Å². The predicted octanol–water partition coefficient (Wildman–Crippen LogP) is 2.22. The number of rotatable bonds is 1. The third kappa shape index (κ3) is 1.60. The summed E-state index contributed by atoms with van der Waals surface area (Å²) in [7, 11) is 0. The van der Waals surface area contributed by atoms with Gasteiger partial charge < -0.3 is 5.32 Å². The van der Waals surface area contributed by atoms with Gasteiger partial charge in [0.05, 0.1) is 6.04 Å². The second kappa shape index (κ2) is 3.70. The largest absolute Gasteiger partial charge is 0.341 e. The third-order valence-electron chi connectivity index (χ3n) is 3.06. The average Bonchev–Trinajstić information content (AvgIpc) is 2.69. The SMILES string of the molecule is Cc1ccc(C2NC(=O)c3ccccc32)cn1. The van der Waals surface area contributed by atoms with Crippen molar-refractivity contribution >= 4 is 5.91 Å². The summed E-state index contributed by atoms with van der Waals surface area (Å²) in [5.41, 5.74) is 3.79. The van der Waals surface area contributed by atoms with Crippen molar-refractivity contribution in [3.05, 3.63) is 65.0 Å². The lowest BCUT2D eigenvalue weighted by Gasteiger charge is -2.11. The molecule has 1 unspecified atom stereocenters.